The van der Waals surface area contributed by atoms with Crippen LogP contribution in [0.5, 0.6) is 0 Å². The Hall–Kier alpha value is -2.56. The average molecular weight is 341 g/mol. The molecule has 5 heteroatoms. The van der Waals surface area contributed by atoms with Gasteiger partial charge in [-0.3, -0.25) is 4.79 Å². The van der Waals surface area contributed by atoms with Crippen LogP contribution >= 0.6 is 0 Å². The Morgan fingerprint density at radius 1 is 1.04 bits per heavy atom. The summed E-state index contributed by atoms with van der Waals surface area (Å²) in [6, 6.07) is 13.9. The van der Waals surface area contributed by atoms with Gasteiger partial charge < -0.3 is 15.5 Å². The van der Waals surface area contributed by atoms with E-state index < -0.39 is 0 Å². The summed E-state index contributed by atoms with van der Waals surface area (Å²) < 4.78 is 12.8. The summed E-state index contributed by atoms with van der Waals surface area (Å²) in [5.41, 5.74) is 2.69. The monoisotopic (exact) mass is 341 g/mol. The highest BCUT2D eigenvalue weighted by Crippen LogP contribution is 2.24. The molecule has 0 aromatic heterocycles. The summed E-state index contributed by atoms with van der Waals surface area (Å²) in [6.45, 7) is 4.62. The van der Waals surface area contributed by atoms with Crippen LogP contribution in [0.15, 0.2) is 48.5 Å². The van der Waals surface area contributed by atoms with Gasteiger partial charge in [0.2, 0.25) is 5.91 Å². The highest BCUT2D eigenvalue weighted by atomic mass is 19.1. The maximum atomic E-state index is 12.8. The Kier molecular flexibility index (Phi) is 5.53. The molecule has 2 aromatic rings. The third kappa shape index (κ3) is 4.95. The highest BCUT2D eigenvalue weighted by Gasteiger charge is 2.15. The van der Waals surface area contributed by atoms with Gasteiger partial charge in [0.25, 0.3) is 0 Å². The molecule has 3 rings (SSSR count). The highest BCUT2D eigenvalue weighted by molar-refractivity contribution is 5.93. The molecule has 0 spiro atoms. The first-order chi connectivity index (χ1) is 12.1. The van der Waals surface area contributed by atoms with Crippen molar-refractivity contribution in [2.75, 3.05) is 35.2 Å². The normalized spacial score (nSPS) is 15.0. The second kappa shape index (κ2) is 8.01. The molecule has 4 nitrogen and oxygen atoms in total. The Morgan fingerprint density at radius 3 is 2.28 bits per heavy atom. The molecular weight excluding hydrogens is 317 g/mol. The molecule has 2 N–H and O–H groups in total. The van der Waals surface area contributed by atoms with Crippen molar-refractivity contribution in [2.24, 2.45) is 5.92 Å². The summed E-state index contributed by atoms with van der Waals surface area (Å²) in [5.74, 6) is 0.380. The van der Waals surface area contributed by atoms with Gasteiger partial charge in [0, 0.05) is 30.2 Å². The number of benzene rings is 2. The van der Waals surface area contributed by atoms with Gasteiger partial charge in [-0.1, -0.05) is 6.92 Å². The van der Waals surface area contributed by atoms with Gasteiger partial charge in [0.1, 0.15) is 5.82 Å². The van der Waals surface area contributed by atoms with Crippen LogP contribution < -0.4 is 15.5 Å². The maximum absolute atomic E-state index is 12.8. The van der Waals surface area contributed by atoms with Crippen molar-refractivity contribution < 1.29 is 9.18 Å². The number of piperidine rings is 1. The van der Waals surface area contributed by atoms with Crippen LogP contribution in [0.4, 0.5) is 21.5 Å². The minimum atomic E-state index is -0.293. The molecule has 1 aliphatic heterocycles. The number of halogens is 1. The lowest BCUT2D eigenvalue weighted by Gasteiger charge is -2.32. The zero-order valence-electron chi connectivity index (χ0n) is 14.5. The third-order valence-electron chi connectivity index (χ3n) is 4.60. The molecule has 132 valence electrons. The van der Waals surface area contributed by atoms with Gasteiger partial charge in [0.05, 0.1) is 6.54 Å². The average Bonchev–Trinajstić information content (AvgIpc) is 2.63. The molecular formula is C20H24FN3O. The predicted octanol–water partition coefficient (Wildman–Crippen LogP) is 4.11. The van der Waals surface area contributed by atoms with Gasteiger partial charge in [-0.05, 0) is 67.3 Å². The smallest absolute Gasteiger partial charge is 0.243 e. The number of hydrogen-bond donors (Lipinski definition) is 2. The quantitative estimate of drug-likeness (QED) is 0.860. The number of amides is 1. The first kappa shape index (κ1) is 17.3. The van der Waals surface area contributed by atoms with Crippen LogP contribution in [0.25, 0.3) is 0 Å². The molecule has 25 heavy (non-hydrogen) atoms. The van der Waals surface area contributed by atoms with Gasteiger partial charge in [-0.15, -0.1) is 0 Å². The summed E-state index contributed by atoms with van der Waals surface area (Å²) in [6.07, 6.45) is 2.46. The van der Waals surface area contributed by atoms with E-state index in [4.69, 9.17) is 0 Å². The van der Waals surface area contributed by atoms with E-state index in [1.54, 1.807) is 12.1 Å². The molecule has 0 bridgehead atoms. The van der Waals surface area contributed by atoms with Crippen molar-refractivity contribution in [1.82, 2.24) is 0 Å². The van der Waals surface area contributed by atoms with E-state index in [-0.39, 0.29) is 18.3 Å². The second-order valence-electron chi connectivity index (χ2n) is 6.63. The van der Waals surface area contributed by atoms with Crippen molar-refractivity contribution in [3.8, 4) is 0 Å². The molecule has 1 aliphatic rings. The Balaban J connectivity index is 1.49. The van der Waals surface area contributed by atoms with Crippen molar-refractivity contribution in [3.05, 3.63) is 54.3 Å². The van der Waals surface area contributed by atoms with E-state index in [1.165, 1.54) is 30.7 Å². The fraction of sp³-hybridized carbons (Fsp3) is 0.350. The van der Waals surface area contributed by atoms with Gasteiger partial charge in [-0.25, -0.2) is 4.39 Å². The summed E-state index contributed by atoms with van der Waals surface area (Å²) in [7, 11) is 0. The van der Waals surface area contributed by atoms with E-state index in [0.717, 1.165) is 24.7 Å². The van der Waals surface area contributed by atoms with Crippen LogP contribution in [-0.2, 0) is 4.79 Å². The van der Waals surface area contributed by atoms with Crippen LogP contribution in [0, 0.1) is 11.7 Å². The van der Waals surface area contributed by atoms with Gasteiger partial charge >= 0.3 is 0 Å². The van der Waals surface area contributed by atoms with E-state index in [2.05, 4.69) is 34.6 Å². The SMILES string of the molecule is CC1CCN(c2ccc(NC(=O)CNc3ccc(F)cc3)cc2)CC1. The van der Waals surface area contributed by atoms with E-state index in [1.807, 2.05) is 12.1 Å². The zero-order chi connectivity index (χ0) is 17.6. The van der Waals surface area contributed by atoms with Crippen LogP contribution in [0.1, 0.15) is 19.8 Å². The number of nitrogens with zero attached hydrogens (tertiary/aromatic N) is 1. The molecule has 2 aromatic carbocycles. The zero-order valence-corrected chi connectivity index (χ0v) is 14.5. The molecule has 0 unspecified atom stereocenters. The van der Waals surface area contributed by atoms with Crippen molar-refractivity contribution >= 4 is 23.0 Å². The molecule has 0 atom stereocenters. The minimum absolute atomic E-state index is 0.135. The summed E-state index contributed by atoms with van der Waals surface area (Å²) in [5, 5.41) is 5.84. The Labute approximate surface area is 148 Å². The molecule has 1 saturated heterocycles. The lowest BCUT2D eigenvalue weighted by atomic mass is 9.99. The first-order valence-electron chi connectivity index (χ1n) is 8.74. The number of hydrogen-bond acceptors (Lipinski definition) is 3. The topological polar surface area (TPSA) is 44.4 Å². The number of anilines is 3. The van der Waals surface area contributed by atoms with Crippen molar-refractivity contribution in [1.29, 1.82) is 0 Å². The fourth-order valence-electron chi connectivity index (χ4n) is 2.98. The minimum Gasteiger partial charge on any atom is -0.376 e. The predicted molar refractivity (Wildman–Crippen MR) is 101 cm³/mol. The van der Waals surface area contributed by atoms with Gasteiger partial charge in [-0.2, -0.15) is 0 Å². The number of carbonyl (C=O) groups is 1. The van der Waals surface area contributed by atoms with Crippen molar-refractivity contribution in [3.63, 3.8) is 0 Å². The second-order valence-corrected chi connectivity index (χ2v) is 6.63. The van der Waals surface area contributed by atoms with Crippen LogP contribution in [-0.4, -0.2) is 25.5 Å². The summed E-state index contributed by atoms with van der Waals surface area (Å²) >= 11 is 0. The van der Waals surface area contributed by atoms with E-state index in [9.17, 15) is 9.18 Å². The van der Waals surface area contributed by atoms with Crippen molar-refractivity contribution in [2.45, 2.75) is 19.8 Å². The Bertz CT molecular complexity index is 692. The largest absolute Gasteiger partial charge is 0.376 e. The molecule has 1 amide bonds. The molecule has 1 fully saturated rings. The lowest BCUT2D eigenvalue weighted by molar-refractivity contribution is -0.114. The number of rotatable bonds is 5. The Morgan fingerprint density at radius 2 is 1.64 bits per heavy atom. The van der Waals surface area contributed by atoms with E-state index >= 15 is 0 Å². The molecule has 1 heterocycles. The summed E-state index contributed by atoms with van der Waals surface area (Å²) in [4.78, 5) is 14.4. The van der Waals surface area contributed by atoms with E-state index in [0.29, 0.717) is 5.69 Å². The fourth-order valence-corrected chi connectivity index (χ4v) is 2.98. The number of carbonyl (C=O) groups excluding carboxylic acids is 1. The standard InChI is InChI=1S/C20H24FN3O/c1-15-10-12-24(13-11-15)19-8-6-18(7-9-19)23-20(25)14-22-17-4-2-16(21)3-5-17/h2-9,15,22H,10-14H2,1H3,(H,23,25). The maximum Gasteiger partial charge on any atom is 0.243 e. The van der Waals surface area contributed by atoms with Crippen LogP contribution in [0.3, 0.4) is 0 Å². The lowest BCUT2D eigenvalue weighted by Crippen LogP contribution is -2.32. The molecule has 0 aliphatic carbocycles. The molecule has 0 saturated carbocycles. The first-order valence-corrected chi connectivity index (χ1v) is 8.74. The third-order valence-corrected chi connectivity index (χ3v) is 4.60. The number of nitrogens with one attached hydrogen (secondary N) is 2. The molecule has 0 radical (unpaired) electrons. The van der Waals surface area contributed by atoms with Crippen LogP contribution in [0.2, 0.25) is 0 Å². The van der Waals surface area contributed by atoms with Gasteiger partial charge in [0.15, 0.2) is 0 Å².